The molecule has 0 radical (unpaired) electrons. The monoisotopic (exact) mass is 535 g/mol. The van der Waals surface area contributed by atoms with E-state index in [9.17, 15) is 12.8 Å². The first-order valence-electron chi connectivity index (χ1n) is 12.9. The van der Waals surface area contributed by atoms with E-state index >= 15 is 0 Å². The maximum absolute atomic E-state index is 13.8. The van der Waals surface area contributed by atoms with Crippen molar-refractivity contribution >= 4 is 15.7 Å². The smallest absolute Gasteiger partial charge is 0.240 e. The fourth-order valence-corrected chi connectivity index (χ4v) is 6.58. The van der Waals surface area contributed by atoms with Crippen molar-refractivity contribution in [2.45, 2.75) is 62.6 Å². The number of nitrogens with zero attached hydrogens (tertiary/aromatic N) is 2. The molecule has 0 aromatic heterocycles. The van der Waals surface area contributed by atoms with Gasteiger partial charge in [-0.05, 0) is 63.8 Å². The van der Waals surface area contributed by atoms with Gasteiger partial charge >= 0.3 is 0 Å². The lowest BCUT2D eigenvalue weighted by Crippen LogP contribution is -2.52. The minimum Gasteiger partial charge on any atom is -0.493 e. The zero-order valence-corrected chi connectivity index (χ0v) is 22.9. The number of benzene rings is 2. The Labute approximate surface area is 219 Å². The highest BCUT2D eigenvalue weighted by atomic mass is 32.2. The summed E-state index contributed by atoms with van der Waals surface area (Å²) < 4.78 is 59.0. The van der Waals surface area contributed by atoms with Crippen LogP contribution >= 0.6 is 0 Å². The fraction of sp³-hybridized carbons (Fsp3) is 0.556. The molecule has 0 amide bonds. The Morgan fingerprint density at radius 3 is 2.19 bits per heavy atom. The number of hydrogen-bond donors (Lipinski definition) is 1. The van der Waals surface area contributed by atoms with Crippen molar-refractivity contribution < 1.29 is 27.0 Å². The van der Waals surface area contributed by atoms with Crippen molar-refractivity contribution in [3.05, 3.63) is 42.2 Å². The number of anilines is 1. The molecule has 1 aliphatic carbocycles. The van der Waals surface area contributed by atoms with E-state index in [4.69, 9.17) is 14.2 Å². The minimum absolute atomic E-state index is 0.0267. The molecular formula is C27H38FN3O5S. The summed E-state index contributed by atoms with van der Waals surface area (Å²) in [5.74, 6) is 1.17. The average Bonchev–Trinajstić information content (AvgIpc) is 2.88. The number of halogens is 1. The highest BCUT2D eigenvalue weighted by Gasteiger charge is 2.31. The molecule has 2 fully saturated rings. The van der Waals surface area contributed by atoms with Crippen LogP contribution in [0.1, 0.15) is 39.5 Å². The van der Waals surface area contributed by atoms with Gasteiger partial charge in [-0.2, -0.15) is 0 Å². The van der Waals surface area contributed by atoms with Crippen LogP contribution in [-0.4, -0.2) is 71.9 Å². The van der Waals surface area contributed by atoms with Crippen molar-refractivity contribution in [2.24, 2.45) is 0 Å². The van der Waals surface area contributed by atoms with Crippen molar-refractivity contribution in [3.63, 3.8) is 0 Å². The molecule has 2 aliphatic rings. The van der Waals surface area contributed by atoms with E-state index in [1.54, 1.807) is 12.1 Å². The number of nitrogens with one attached hydrogen (secondary N) is 1. The van der Waals surface area contributed by atoms with Gasteiger partial charge in [0, 0.05) is 50.4 Å². The van der Waals surface area contributed by atoms with Gasteiger partial charge in [0.2, 0.25) is 10.0 Å². The Balaban J connectivity index is 1.30. The molecule has 1 saturated heterocycles. The minimum atomic E-state index is -3.66. The fourth-order valence-electron chi connectivity index (χ4n) is 5.26. The molecule has 1 saturated carbocycles. The largest absolute Gasteiger partial charge is 0.493 e. The molecule has 2 aromatic carbocycles. The molecule has 1 heterocycles. The molecule has 4 rings (SSSR count). The quantitative estimate of drug-likeness (QED) is 0.519. The van der Waals surface area contributed by atoms with Crippen molar-refractivity contribution in [3.8, 4) is 17.2 Å². The molecule has 0 atom stereocenters. The molecule has 10 heteroatoms. The van der Waals surface area contributed by atoms with Gasteiger partial charge in [-0.3, -0.25) is 4.90 Å². The lowest BCUT2D eigenvalue weighted by molar-refractivity contribution is 0.139. The van der Waals surface area contributed by atoms with Crippen LogP contribution in [0.4, 0.5) is 10.1 Å². The standard InChI is InChI=1S/C27H38FN3O5S/c1-19(2)36-26-17-20(28)5-11-24(26)31-15-13-30(14-16-31)22-8-6-21(7-9-22)29-37(32,33)23-10-12-25(34-3)27(18-23)35-4/h5,10-12,17-19,21-22,29H,6-9,13-16H2,1-4H3. The van der Waals surface area contributed by atoms with Gasteiger partial charge in [0.25, 0.3) is 0 Å². The molecule has 37 heavy (non-hydrogen) atoms. The predicted molar refractivity (Wildman–Crippen MR) is 142 cm³/mol. The van der Waals surface area contributed by atoms with Gasteiger partial charge in [0.15, 0.2) is 11.5 Å². The zero-order valence-electron chi connectivity index (χ0n) is 22.1. The van der Waals surface area contributed by atoms with Gasteiger partial charge in [-0.25, -0.2) is 17.5 Å². The number of methoxy groups -OCH3 is 2. The summed E-state index contributed by atoms with van der Waals surface area (Å²) in [7, 11) is -0.653. The van der Waals surface area contributed by atoms with Gasteiger partial charge in [0.05, 0.1) is 30.9 Å². The maximum Gasteiger partial charge on any atom is 0.240 e. The first-order chi connectivity index (χ1) is 17.7. The second kappa shape index (κ2) is 11.9. The van der Waals surface area contributed by atoms with Crippen LogP contribution in [0.5, 0.6) is 17.2 Å². The number of piperazine rings is 1. The van der Waals surface area contributed by atoms with Crippen molar-refractivity contribution in [2.75, 3.05) is 45.3 Å². The summed E-state index contributed by atoms with van der Waals surface area (Å²) in [5, 5.41) is 0. The predicted octanol–water partition coefficient (Wildman–Crippen LogP) is 4.04. The third kappa shape index (κ3) is 6.66. The Hall–Kier alpha value is -2.56. The topological polar surface area (TPSA) is 80.3 Å². The molecule has 204 valence electrons. The van der Waals surface area contributed by atoms with E-state index in [2.05, 4.69) is 14.5 Å². The third-order valence-corrected chi connectivity index (χ3v) is 8.66. The second-order valence-electron chi connectivity index (χ2n) is 9.95. The first-order valence-corrected chi connectivity index (χ1v) is 14.4. The number of rotatable bonds is 9. The second-order valence-corrected chi connectivity index (χ2v) is 11.7. The van der Waals surface area contributed by atoms with E-state index in [0.717, 1.165) is 57.5 Å². The number of ether oxygens (including phenoxy) is 3. The lowest BCUT2D eigenvalue weighted by atomic mass is 9.90. The Morgan fingerprint density at radius 2 is 1.57 bits per heavy atom. The van der Waals surface area contributed by atoms with Crippen LogP contribution in [0.2, 0.25) is 0 Å². The Kier molecular flexibility index (Phi) is 8.82. The van der Waals surface area contributed by atoms with E-state index in [1.165, 1.54) is 38.5 Å². The van der Waals surface area contributed by atoms with Crippen LogP contribution in [0.15, 0.2) is 41.3 Å². The summed E-state index contributed by atoms with van der Waals surface area (Å²) in [6.07, 6.45) is 3.44. The lowest BCUT2D eigenvalue weighted by Gasteiger charge is -2.43. The molecule has 1 aliphatic heterocycles. The third-order valence-electron chi connectivity index (χ3n) is 7.14. The SMILES string of the molecule is COc1ccc(S(=O)(=O)NC2CCC(N3CCN(c4ccc(F)cc4OC(C)C)CC3)CC2)cc1OC. The van der Waals surface area contributed by atoms with E-state index in [0.29, 0.717) is 23.3 Å². The van der Waals surface area contributed by atoms with E-state index in [-0.39, 0.29) is 22.9 Å². The number of hydrogen-bond acceptors (Lipinski definition) is 7. The van der Waals surface area contributed by atoms with Gasteiger partial charge in [0.1, 0.15) is 11.6 Å². The summed E-state index contributed by atoms with van der Waals surface area (Å²) >= 11 is 0. The molecule has 0 spiro atoms. The van der Waals surface area contributed by atoms with E-state index < -0.39 is 10.0 Å². The van der Waals surface area contributed by atoms with Gasteiger partial charge < -0.3 is 19.1 Å². The highest BCUT2D eigenvalue weighted by Crippen LogP contribution is 2.33. The molecule has 8 nitrogen and oxygen atoms in total. The summed E-state index contributed by atoms with van der Waals surface area (Å²) in [4.78, 5) is 4.93. The van der Waals surface area contributed by atoms with Crippen LogP contribution in [-0.2, 0) is 10.0 Å². The van der Waals surface area contributed by atoms with Gasteiger partial charge in [-0.15, -0.1) is 0 Å². The van der Waals surface area contributed by atoms with Crippen LogP contribution in [0.3, 0.4) is 0 Å². The summed E-state index contributed by atoms with van der Waals surface area (Å²) in [6.45, 7) is 7.38. The summed E-state index contributed by atoms with van der Waals surface area (Å²) in [5.41, 5.74) is 0.933. The Morgan fingerprint density at radius 1 is 0.892 bits per heavy atom. The first kappa shape index (κ1) is 27.5. The normalized spacial score (nSPS) is 21.2. The maximum atomic E-state index is 13.8. The molecule has 0 unspecified atom stereocenters. The van der Waals surface area contributed by atoms with E-state index in [1.807, 2.05) is 13.8 Å². The molecule has 1 N–H and O–H groups in total. The molecular weight excluding hydrogens is 497 g/mol. The Bertz CT molecular complexity index is 1160. The summed E-state index contributed by atoms with van der Waals surface area (Å²) in [6, 6.07) is 9.73. The average molecular weight is 536 g/mol. The number of sulfonamides is 1. The van der Waals surface area contributed by atoms with Crippen LogP contribution in [0.25, 0.3) is 0 Å². The zero-order chi connectivity index (χ0) is 26.6. The molecule has 2 aromatic rings. The molecule has 0 bridgehead atoms. The van der Waals surface area contributed by atoms with Crippen molar-refractivity contribution in [1.82, 2.24) is 9.62 Å². The van der Waals surface area contributed by atoms with Crippen LogP contribution < -0.4 is 23.8 Å². The van der Waals surface area contributed by atoms with Crippen molar-refractivity contribution in [1.29, 1.82) is 0 Å². The van der Waals surface area contributed by atoms with Crippen LogP contribution in [0, 0.1) is 5.82 Å². The highest BCUT2D eigenvalue weighted by molar-refractivity contribution is 7.89. The van der Waals surface area contributed by atoms with Gasteiger partial charge in [-0.1, -0.05) is 0 Å².